The number of hydrogen-bond acceptors (Lipinski definition) is 6. The maximum absolute atomic E-state index is 14.1. The van der Waals surface area contributed by atoms with E-state index in [0.717, 1.165) is 11.1 Å². The summed E-state index contributed by atoms with van der Waals surface area (Å²) in [6.45, 7) is 1.81. The Bertz CT molecular complexity index is 1180. The highest BCUT2D eigenvalue weighted by Crippen LogP contribution is 2.33. The lowest BCUT2D eigenvalue weighted by molar-refractivity contribution is 0.400. The number of rotatable bonds is 4. The Balaban J connectivity index is 1.73. The van der Waals surface area contributed by atoms with Crippen LogP contribution in [0.25, 0.3) is 22.5 Å². The third kappa shape index (κ3) is 3.31. The molecule has 1 N–H and O–H groups in total. The van der Waals surface area contributed by atoms with E-state index in [2.05, 4.69) is 20.4 Å². The largest absolute Gasteiger partial charge is 0.360 e. The Morgan fingerprint density at radius 1 is 1.11 bits per heavy atom. The molecule has 0 aliphatic carbocycles. The lowest BCUT2D eigenvalue weighted by Crippen LogP contribution is -2.00. The van der Waals surface area contributed by atoms with Crippen LogP contribution in [0.5, 0.6) is 0 Å². The summed E-state index contributed by atoms with van der Waals surface area (Å²) < 4.78 is 19.4. The monoisotopic (exact) mass is 371 g/mol. The number of halogens is 1. The van der Waals surface area contributed by atoms with Gasteiger partial charge in [-0.1, -0.05) is 35.5 Å². The Kier molecular flexibility index (Phi) is 4.52. The van der Waals surface area contributed by atoms with Crippen LogP contribution in [0.3, 0.4) is 0 Å². The highest BCUT2D eigenvalue weighted by molar-refractivity contribution is 5.80. The molecule has 0 saturated heterocycles. The number of hydrogen-bond donors (Lipinski definition) is 1. The standard InChI is InChI=1S/C21H14FN5O/c1-13-19(20(27-28-13)15-5-3-2-4-6-15)17-9-10-24-21(25-17)26-18-11-14(12-23)7-8-16(18)22/h2-11H,1H3,(H,24,25,26). The minimum absolute atomic E-state index is 0.126. The van der Waals surface area contributed by atoms with E-state index in [0.29, 0.717) is 22.7 Å². The molecule has 136 valence electrons. The molecule has 6 nitrogen and oxygen atoms in total. The summed E-state index contributed by atoms with van der Waals surface area (Å²) in [7, 11) is 0. The maximum Gasteiger partial charge on any atom is 0.227 e. The first kappa shape index (κ1) is 17.4. The van der Waals surface area contributed by atoms with Crippen LogP contribution in [0, 0.1) is 24.1 Å². The van der Waals surface area contributed by atoms with Crippen LogP contribution in [-0.2, 0) is 0 Å². The predicted octanol–water partition coefficient (Wildman–Crippen LogP) is 4.86. The van der Waals surface area contributed by atoms with Crippen molar-refractivity contribution in [3.63, 3.8) is 0 Å². The Hall–Kier alpha value is -4.05. The van der Waals surface area contributed by atoms with Crippen LogP contribution in [-0.4, -0.2) is 15.1 Å². The summed E-state index contributed by atoms with van der Waals surface area (Å²) in [6.07, 6.45) is 1.57. The molecular weight excluding hydrogens is 357 g/mol. The molecule has 2 aromatic carbocycles. The highest BCUT2D eigenvalue weighted by atomic mass is 19.1. The van der Waals surface area contributed by atoms with Crippen molar-refractivity contribution < 1.29 is 8.91 Å². The minimum atomic E-state index is -0.501. The second-order valence-corrected chi connectivity index (χ2v) is 6.03. The van der Waals surface area contributed by atoms with Crippen molar-refractivity contribution in [2.45, 2.75) is 6.92 Å². The summed E-state index contributed by atoms with van der Waals surface area (Å²) in [6, 6.07) is 17.4. The molecule has 0 aliphatic rings. The molecule has 0 unspecified atom stereocenters. The molecule has 4 aromatic rings. The summed E-state index contributed by atoms with van der Waals surface area (Å²) in [4.78, 5) is 8.63. The molecule has 7 heteroatoms. The van der Waals surface area contributed by atoms with Gasteiger partial charge in [0.05, 0.1) is 28.6 Å². The van der Waals surface area contributed by atoms with Crippen LogP contribution in [0.2, 0.25) is 0 Å². The molecule has 0 atom stereocenters. The molecule has 2 heterocycles. The highest BCUT2D eigenvalue weighted by Gasteiger charge is 2.18. The number of nitriles is 1. The molecule has 28 heavy (non-hydrogen) atoms. The van der Waals surface area contributed by atoms with Crippen LogP contribution in [0.4, 0.5) is 16.0 Å². The van der Waals surface area contributed by atoms with Crippen LogP contribution < -0.4 is 5.32 Å². The molecule has 0 aliphatic heterocycles. The van der Waals surface area contributed by atoms with Gasteiger partial charge in [-0.25, -0.2) is 14.4 Å². The molecule has 2 aromatic heterocycles. The topological polar surface area (TPSA) is 87.6 Å². The van der Waals surface area contributed by atoms with Crippen LogP contribution in [0.15, 0.2) is 65.3 Å². The fraction of sp³-hybridized carbons (Fsp3) is 0.0476. The number of anilines is 2. The van der Waals surface area contributed by atoms with Crippen molar-refractivity contribution in [1.29, 1.82) is 5.26 Å². The first-order valence-electron chi connectivity index (χ1n) is 8.47. The summed E-state index contributed by atoms with van der Waals surface area (Å²) in [5.41, 5.74) is 3.35. The van der Waals surface area contributed by atoms with Gasteiger partial charge in [0.1, 0.15) is 17.3 Å². The molecule has 0 radical (unpaired) electrons. The normalized spacial score (nSPS) is 10.5. The van der Waals surface area contributed by atoms with Gasteiger partial charge >= 0.3 is 0 Å². The van der Waals surface area contributed by atoms with Crippen molar-refractivity contribution >= 4 is 11.6 Å². The fourth-order valence-electron chi connectivity index (χ4n) is 2.84. The molecule has 0 bridgehead atoms. The van der Waals surface area contributed by atoms with E-state index in [1.165, 1.54) is 18.2 Å². The van der Waals surface area contributed by atoms with Gasteiger partial charge in [0.15, 0.2) is 0 Å². The third-order valence-corrected chi connectivity index (χ3v) is 4.16. The van der Waals surface area contributed by atoms with Crippen molar-refractivity contribution in [2.75, 3.05) is 5.32 Å². The number of benzene rings is 2. The molecular formula is C21H14FN5O. The number of aromatic nitrogens is 3. The van der Waals surface area contributed by atoms with Crippen molar-refractivity contribution in [3.8, 4) is 28.6 Å². The molecule has 0 amide bonds. The lowest BCUT2D eigenvalue weighted by Gasteiger charge is -2.08. The molecule has 0 fully saturated rings. The summed E-state index contributed by atoms with van der Waals surface area (Å²) in [5.74, 6) is 0.311. The zero-order valence-electron chi connectivity index (χ0n) is 14.8. The number of nitrogens with zero attached hydrogens (tertiary/aromatic N) is 4. The third-order valence-electron chi connectivity index (χ3n) is 4.16. The Morgan fingerprint density at radius 3 is 2.71 bits per heavy atom. The molecule has 0 saturated carbocycles. The van der Waals surface area contributed by atoms with Gasteiger partial charge in [0.2, 0.25) is 5.95 Å². The van der Waals surface area contributed by atoms with Crippen LogP contribution in [0.1, 0.15) is 11.3 Å². The number of nitrogens with one attached hydrogen (secondary N) is 1. The van der Waals surface area contributed by atoms with Crippen molar-refractivity contribution in [1.82, 2.24) is 15.1 Å². The lowest BCUT2D eigenvalue weighted by atomic mass is 10.0. The van der Waals surface area contributed by atoms with Crippen LogP contribution >= 0.6 is 0 Å². The first-order valence-corrected chi connectivity index (χ1v) is 8.47. The second-order valence-electron chi connectivity index (χ2n) is 6.03. The molecule has 4 rings (SSSR count). The average Bonchev–Trinajstić information content (AvgIpc) is 3.12. The van der Waals surface area contributed by atoms with Crippen molar-refractivity contribution in [3.05, 3.63) is 77.9 Å². The second kappa shape index (κ2) is 7.29. The van der Waals surface area contributed by atoms with Gasteiger partial charge in [-0.15, -0.1) is 0 Å². The van der Waals surface area contributed by atoms with E-state index in [9.17, 15) is 4.39 Å². The van der Waals surface area contributed by atoms with Gasteiger partial charge in [-0.2, -0.15) is 5.26 Å². The van der Waals surface area contributed by atoms with Gasteiger partial charge in [-0.05, 0) is 31.2 Å². The van der Waals surface area contributed by atoms with E-state index >= 15 is 0 Å². The SMILES string of the molecule is Cc1onc(-c2ccccc2)c1-c1ccnc(Nc2cc(C#N)ccc2F)n1. The van der Waals surface area contributed by atoms with E-state index in [1.807, 2.05) is 36.4 Å². The zero-order chi connectivity index (χ0) is 19.5. The minimum Gasteiger partial charge on any atom is -0.360 e. The van der Waals surface area contributed by atoms with Gasteiger partial charge in [0.25, 0.3) is 0 Å². The predicted molar refractivity (Wildman–Crippen MR) is 102 cm³/mol. The summed E-state index contributed by atoms with van der Waals surface area (Å²) in [5, 5.41) is 16.0. The smallest absolute Gasteiger partial charge is 0.227 e. The zero-order valence-corrected chi connectivity index (χ0v) is 14.8. The quantitative estimate of drug-likeness (QED) is 0.551. The summed E-state index contributed by atoms with van der Waals surface area (Å²) >= 11 is 0. The van der Waals surface area contributed by atoms with E-state index < -0.39 is 5.82 Å². The Labute approximate surface area is 160 Å². The van der Waals surface area contributed by atoms with E-state index in [1.54, 1.807) is 19.2 Å². The maximum atomic E-state index is 14.1. The van der Waals surface area contributed by atoms with Gasteiger partial charge in [-0.3, -0.25) is 0 Å². The van der Waals surface area contributed by atoms with Crippen molar-refractivity contribution in [2.24, 2.45) is 0 Å². The first-order chi connectivity index (χ1) is 13.7. The van der Waals surface area contributed by atoms with Gasteiger partial charge in [0, 0.05) is 11.8 Å². The fourth-order valence-corrected chi connectivity index (χ4v) is 2.84. The van der Waals surface area contributed by atoms with E-state index in [-0.39, 0.29) is 11.6 Å². The Morgan fingerprint density at radius 2 is 1.93 bits per heavy atom. The molecule has 0 spiro atoms. The average molecular weight is 371 g/mol. The number of aryl methyl sites for hydroxylation is 1. The van der Waals surface area contributed by atoms with Gasteiger partial charge < -0.3 is 9.84 Å². The van der Waals surface area contributed by atoms with E-state index in [4.69, 9.17) is 9.78 Å².